The number of terminal acetylenes is 1. The number of hydrogen-bond donors (Lipinski definition) is 0. The van der Waals surface area contributed by atoms with Crippen LogP contribution in [-0.2, 0) is 0 Å². The molecule has 0 amide bonds. The van der Waals surface area contributed by atoms with Crippen molar-refractivity contribution in [1.82, 2.24) is 4.98 Å². The molecule has 1 rings (SSSR count). The van der Waals surface area contributed by atoms with Gasteiger partial charge in [-0.3, -0.25) is 0 Å². The first-order valence-corrected chi connectivity index (χ1v) is 5.04. The summed E-state index contributed by atoms with van der Waals surface area (Å²) in [7, 11) is 0. The van der Waals surface area contributed by atoms with E-state index in [9.17, 15) is 0 Å². The summed E-state index contributed by atoms with van der Waals surface area (Å²) < 4.78 is 6.48. The average Bonchev–Trinajstić information content (AvgIpc) is 2.11. The van der Waals surface area contributed by atoms with Crippen molar-refractivity contribution >= 4 is 15.9 Å². The van der Waals surface area contributed by atoms with Gasteiger partial charge < -0.3 is 4.74 Å². The predicted octanol–water partition coefficient (Wildman–Crippen LogP) is 2.94. The van der Waals surface area contributed by atoms with E-state index in [1.54, 1.807) is 6.07 Å². The first kappa shape index (κ1) is 11.1. The zero-order valence-corrected chi connectivity index (χ0v) is 10.1. The number of nitrogens with zero attached hydrogens (tertiary/aromatic N) is 1. The summed E-state index contributed by atoms with van der Waals surface area (Å²) in [6, 6.07) is 3.68. The molecule has 0 atom stereocenters. The van der Waals surface area contributed by atoms with E-state index in [4.69, 9.17) is 11.2 Å². The Morgan fingerprint density at radius 1 is 1.50 bits per heavy atom. The number of halogens is 1. The summed E-state index contributed by atoms with van der Waals surface area (Å²) in [5, 5.41) is 0. The first-order valence-electron chi connectivity index (χ1n) is 4.24. The summed E-state index contributed by atoms with van der Waals surface area (Å²) >= 11 is 3.37. The standard InChI is InChI=1S/C11H12BrNO/c1-5-11(3,4)14-10-7-6-9(12)8(2)13-10/h1,6-7H,2-4H3. The van der Waals surface area contributed by atoms with E-state index in [1.165, 1.54) is 0 Å². The molecule has 1 aromatic heterocycles. The van der Waals surface area contributed by atoms with Gasteiger partial charge in [-0.15, -0.1) is 6.42 Å². The molecule has 2 nitrogen and oxygen atoms in total. The van der Waals surface area contributed by atoms with Gasteiger partial charge in [0.15, 0.2) is 5.60 Å². The Morgan fingerprint density at radius 3 is 2.64 bits per heavy atom. The van der Waals surface area contributed by atoms with E-state index in [2.05, 4.69) is 26.8 Å². The Hall–Kier alpha value is -1.01. The molecule has 0 bridgehead atoms. The summed E-state index contributed by atoms with van der Waals surface area (Å²) in [6.07, 6.45) is 5.31. The van der Waals surface area contributed by atoms with Gasteiger partial charge in [-0.2, -0.15) is 0 Å². The Kier molecular flexibility index (Phi) is 3.17. The molecule has 3 heteroatoms. The lowest BCUT2D eigenvalue weighted by Crippen LogP contribution is -2.26. The summed E-state index contributed by atoms with van der Waals surface area (Å²) in [5.41, 5.74) is 0.267. The molecule has 0 aliphatic heterocycles. The number of aryl methyl sites for hydroxylation is 1. The van der Waals surface area contributed by atoms with Crippen LogP contribution in [-0.4, -0.2) is 10.6 Å². The van der Waals surface area contributed by atoms with Crippen LogP contribution in [0.5, 0.6) is 5.88 Å². The maximum Gasteiger partial charge on any atom is 0.215 e. The molecule has 0 saturated heterocycles. The number of hydrogen-bond acceptors (Lipinski definition) is 2. The molecule has 0 aliphatic carbocycles. The highest BCUT2D eigenvalue weighted by Gasteiger charge is 2.16. The number of rotatable bonds is 2. The molecule has 0 fully saturated rings. The minimum absolute atomic E-state index is 0.550. The Morgan fingerprint density at radius 2 is 2.14 bits per heavy atom. The summed E-state index contributed by atoms with van der Waals surface area (Å²) in [5.74, 6) is 3.10. The minimum Gasteiger partial charge on any atom is -0.458 e. The molecule has 0 unspecified atom stereocenters. The van der Waals surface area contributed by atoms with Crippen LogP contribution in [0.15, 0.2) is 16.6 Å². The maximum atomic E-state index is 5.52. The second-order valence-electron chi connectivity index (χ2n) is 3.47. The van der Waals surface area contributed by atoms with Crippen LogP contribution in [0.3, 0.4) is 0 Å². The molecular formula is C11H12BrNO. The molecule has 0 spiro atoms. The van der Waals surface area contributed by atoms with Crippen molar-refractivity contribution in [2.75, 3.05) is 0 Å². The molecule has 0 radical (unpaired) electrons. The predicted molar refractivity (Wildman–Crippen MR) is 60.2 cm³/mol. The topological polar surface area (TPSA) is 22.1 Å². The van der Waals surface area contributed by atoms with Gasteiger partial charge in [0.2, 0.25) is 5.88 Å². The van der Waals surface area contributed by atoms with Gasteiger partial charge in [0.25, 0.3) is 0 Å². The van der Waals surface area contributed by atoms with Crippen molar-refractivity contribution in [2.24, 2.45) is 0 Å². The van der Waals surface area contributed by atoms with Gasteiger partial charge in [-0.25, -0.2) is 4.98 Å². The monoisotopic (exact) mass is 253 g/mol. The lowest BCUT2D eigenvalue weighted by atomic mass is 10.1. The molecule has 0 aromatic carbocycles. The van der Waals surface area contributed by atoms with E-state index in [1.807, 2.05) is 26.8 Å². The smallest absolute Gasteiger partial charge is 0.215 e. The zero-order chi connectivity index (χ0) is 10.8. The fourth-order valence-corrected chi connectivity index (χ4v) is 1.09. The number of ether oxygens (including phenoxy) is 1. The Labute approximate surface area is 92.8 Å². The van der Waals surface area contributed by atoms with Gasteiger partial charge >= 0.3 is 0 Å². The van der Waals surface area contributed by atoms with Gasteiger partial charge in [0.1, 0.15) is 0 Å². The van der Waals surface area contributed by atoms with Crippen LogP contribution in [0, 0.1) is 19.3 Å². The van der Waals surface area contributed by atoms with E-state index in [-0.39, 0.29) is 0 Å². The van der Waals surface area contributed by atoms with E-state index >= 15 is 0 Å². The Balaban J connectivity index is 2.90. The van der Waals surface area contributed by atoms with Crippen molar-refractivity contribution in [3.63, 3.8) is 0 Å². The lowest BCUT2D eigenvalue weighted by Gasteiger charge is -2.19. The zero-order valence-electron chi connectivity index (χ0n) is 8.47. The lowest BCUT2D eigenvalue weighted by molar-refractivity contribution is 0.164. The second kappa shape index (κ2) is 4.02. The highest BCUT2D eigenvalue weighted by molar-refractivity contribution is 9.10. The van der Waals surface area contributed by atoms with Crippen LogP contribution in [0.1, 0.15) is 19.5 Å². The molecular weight excluding hydrogens is 242 g/mol. The third kappa shape index (κ3) is 2.74. The van der Waals surface area contributed by atoms with Gasteiger partial charge in [-0.1, -0.05) is 5.92 Å². The van der Waals surface area contributed by atoms with Crippen LogP contribution in [0.25, 0.3) is 0 Å². The molecule has 74 valence electrons. The van der Waals surface area contributed by atoms with E-state index in [0.717, 1.165) is 10.2 Å². The highest BCUT2D eigenvalue weighted by atomic mass is 79.9. The molecule has 0 saturated carbocycles. The normalized spacial score (nSPS) is 10.8. The summed E-state index contributed by atoms with van der Waals surface area (Å²) in [6.45, 7) is 5.55. The fraction of sp³-hybridized carbons (Fsp3) is 0.364. The number of aromatic nitrogens is 1. The molecule has 0 N–H and O–H groups in total. The van der Waals surface area contributed by atoms with E-state index in [0.29, 0.717) is 5.88 Å². The molecule has 1 aromatic rings. The van der Waals surface area contributed by atoms with Crippen LogP contribution < -0.4 is 4.74 Å². The van der Waals surface area contributed by atoms with Crippen LogP contribution in [0.4, 0.5) is 0 Å². The van der Waals surface area contributed by atoms with Crippen molar-refractivity contribution in [3.05, 3.63) is 22.3 Å². The van der Waals surface area contributed by atoms with Crippen molar-refractivity contribution in [3.8, 4) is 18.2 Å². The van der Waals surface area contributed by atoms with Gasteiger partial charge in [-0.05, 0) is 42.8 Å². The largest absolute Gasteiger partial charge is 0.458 e. The van der Waals surface area contributed by atoms with Crippen LogP contribution >= 0.6 is 15.9 Å². The second-order valence-corrected chi connectivity index (χ2v) is 4.33. The van der Waals surface area contributed by atoms with Crippen molar-refractivity contribution in [2.45, 2.75) is 26.4 Å². The fourth-order valence-electron chi connectivity index (χ4n) is 0.869. The summed E-state index contributed by atoms with van der Waals surface area (Å²) in [4.78, 5) is 4.24. The SMILES string of the molecule is C#CC(C)(C)Oc1ccc(Br)c(C)n1. The third-order valence-electron chi connectivity index (χ3n) is 1.70. The molecule has 14 heavy (non-hydrogen) atoms. The maximum absolute atomic E-state index is 5.52. The van der Waals surface area contributed by atoms with Crippen molar-refractivity contribution in [1.29, 1.82) is 0 Å². The van der Waals surface area contributed by atoms with Gasteiger partial charge in [0.05, 0.1) is 5.69 Å². The number of pyridine rings is 1. The third-order valence-corrected chi connectivity index (χ3v) is 2.54. The molecule has 0 aliphatic rings. The van der Waals surface area contributed by atoms with Gasteiger partial charge in [0, 0.05) is 10.5 Å². The van der Waals surface area contributed by atoms with E-state index < -0.39 is 5.60 Å². The first-order chi connectivity index (χ1) is 6.44. The Bertz CT molecular complexity index is 379. The average molecular weight is 254 g/mol. The van der Waals surface area contributed by atoms with Crippen LogP contribution in [0.2, 0.25) is 0 Å². The quantitative estimate of drug-likeness (QED) is 0.757. The highest BCUT2D eigenvalue weighted by Crippen LogP contribution is 2.20. The molecule has 1 heterocycles. The minimum atomic E-state index is -0.618. The van der Waals surface area contributed by atoms with Crippen molar-refractivity contribution < 1.29 is 4.74 Å².